The van der Waals surface area contributed by atoms with Crippen molar-refractivity contribution in [3.8, 4) is 0 Å². The predicted octanol–water partition coefficient (Wildman–Crippen LogP) is 1.90. The number of carbonyl (C=O) groups excluding carboxylic acids is 1. The van der Waals surface area contributed by atoms with Gasteiger partial charge < -0.3 is 9.47 Å². The van der Waals surface area contributed by atoms with Gasteiger partial charge in [-0.2, -0.15) is 0 Å². The van der Waals surface area contributed by atoms with Crippen LogP contribution in [0.4, 0.5) is 0 Å². The van der Waals surface area contributed by atoms with E-state index < -0.39 is 5.60 Å². The van der Waals surface area contributed by atoms with Gasteiger partial charge in [-0.05, 0) is 19.8 Å². The first-order valence-electron chi connectivity index (χ1n) is 5.00. The third-order valence-electron chi connectivity index (χ3n) is 2.45. The van der Waals surface area contributed by atoms with E-state index in [1.807, 2.05) is 6.92 Å². The third-order valence-corrected chi connectivity index (χ3v) is 2.45. The highest BCUT2D eigenvalue weighted by Crippen LogP contribution is 2.39. The second kappa shape index (κ2) is 4.09. The van der Waals surface area contributed by atoms with Crippen LogP contribution in [0.5, 0.6) is 0 Å². The smallest absolute Gasteiger partial charge is 0.340 e. The molecular formula is C10H18O3. The molecule has 76 valence electrons. The van der Waals surface area contributed by atoms with E-state index in [1.165, 1.54) is 0 Å². The fourth-order valence-electron chi connectivity index (χ4n) is 1.37. The zero-order valence-electron chi connectivity index (χ0n) is 8.63. The van der Waals surface area contributed by atoms with Crippen molar-refractivity contribution in [2.75, 3.05) is 6.61 Å². The first-order valence-corrected chi connectivity index (χ1v) is 5.00. The van der Waals surface area contributed by atoms with E-state index in [0.29, 0.717) is 6.61 Å². The number of hydrogen-bond donors (Lipinski definition) is 0. The fourth-order valence-corrected chi connectivity index (χ4v) is 1.37. The van der Waals surface area contributed by atoms with Crippen molar-refractivity contribution in [2.24, 2.45) is 0 Å². The molecule has 0 radical (unpaired) electrons. The van der Waals surface area contributed by atoms with Gasteiger partial charge >= 0.3 is 5.97 Å². The molecular weight excluding hydrogens is 168 g/mol. The maximum absolute atomic E-state index is 11.4. The Kier molecular flexibility index (Phi) is 3.31. The van der Waals surface area contributed by atoms with Crippen LogP contribution in [0.3, 0.4) is 0 Å². The number of carbonyl (C=O) groups is 1. The van der Waals surface area contributed by atoms with E-state index >= 15 is 0 Å². The van der Waals surface area contributed by atoms with E-state index in [4.69, 9.17) is 9.47 Å². The van der Waals surface area contributed by atoms with Crippen LogP contribution in [-0.2, 0) is 14.3 Å². The van der Waals surface area contributed by atoms with Gasteiger partial charge in [0.25, 0.3) is 0 Å². The van der Waals surface area contributed by atoms with Gasteiger partial charge in [0.2, 0.25) is 0 Å². The highest BCUT2D eigenvalue weighted by Gasteiger charge is 2.58. The summed E-state index contributed by atoms with van der Waals surface area (Å²) in [6.07, 6.45) is 2.92. The van der Waals surface area contributed by atoms with Gasteiger partial charge in [-0.3, -0.25) is 0 Å². The van der Waals surface area contributed by atoms with Crippen LogP contribution in [0.1, 0.15) is 40.0 Å². The first kappa shape index (κ1) is 10.5. The van der Waals surface area contributed by atoms with Crippen LogP contribution < -0.4 is 0 Å². The Hall–Kier alpha value is -0.570. The zero-order valence-corrected chi connectivity index (χ0v) is 8.63. The molecule has 3 heteroatoms. The highest BCUT2D eigenvalue weighted by molar-refractivity contribution is 5.82. The number of esters is 1. The molecule has 1 fully saturated rings. The van der Waals surface area contributed by atoms with Crippen LogP contribution in [0.15, 0.2) is 0 Å². The summed E-state index contributed by atoms with van der Waals surface area (Å²) in [7, 11) is 0. The summed E-state index contributed by atoms with van der Waals surface area (Å²) in [4.78, 5) is 11.4. The van der Waals surface area contributed by atoms with Crippen molar-refractivity contribution in [1.29, 1.82) is 0 Å². The molecule has 1 heterocycles. The minimum absolute atomic E-state index is 0.0710. The van der Waals surface area contributed by atoms with Gasteiger partial charge in [-0.25, -0.2) is 4.79 Å². The predicted molar refractivity (Wildman–Crippen MR) is 49.4 cm³/mol. The van der Waals surface area contributed by atoms with Gasteiger partial charge in [0.05, 0.1) is 12.7 Å². The summed E-state index contributed by atoms with van der Waals surface area (Å²) in [5.41, 5.74) is -0.636. The number of ether oxygens (including phenoxy) is 2. The van der Waals surface area contributed by atoms with Gasteiger partial charge in [-0.15, -0.1) is 0 Å². The highest BCUT2D eigenvalue weighted by atomic mass is 16.7. The van der Waals surface area contributed by atoms with E-state index in [2.05, 4.69) is 6.92 Å². The van der Waals surface area contributed by atoms with Crippen LogP contribution in [0.25, 0.3) is 0 Å². The lowest BCUT2D eigenvalue weighted by atomic mass is 10.1. The molecule has 0 aromatic carbocycles. The first-order chi connectivity index (χ1) is 6.15. The second-order valence-corrected chi connectivity index (χ2v) is 3.61. The minimum Gasteiger partial charge on any atom is -0.463 e. The average molecular weight is 186 g/mol. The summed E-state index contributed by atoms with van der Waals surface area (Å²) in [6, 6.07) is 0. The van der Waals surface area contributed by atoms with Gasteiger partial charge in [0.15, 0.2) is 5.60 Å². The summed E-state index contributed by atoms with van der Waals surface area (Å²) in [5, 5.41) is 0. The molecule has 2 unspecified atom stereocenters. The lowest BCUT2D eigenvalue weighted by Crippen LogP contribution is -2.26. The normalized spacial score (nSPS) is 31.5. The van der Waals surface area contributed by atoms with E-state index in [1.54, 1.807) is 6.92 Å². The minimum atomic E-state index is -0.636. The number of epoxide rings is 1. The summed E-state index contributed by atoms with van der Waals surface area (Å²) in [5.74, 6) is -0.201. The zero-order chi connectivity index (χ0) is 9.90. The van der Waals surface area contributed by atoms with E-state index in [0.717, 1.165) is 19.3 Å². The Labute approximate surface area is 79.4 Å². The van der Waals surface area contributed by atoms with E-state index in [-0.39, 0.29) is 12.1 Å². The molecule has 1 aliphatic rings. The van der Waals surface area contributed by atoms with Crippen LogP contribution >= 0.6 is 0 Å². The standard InChI is InChI=1S/C10H18O3/c1-4-6-7-12-9(11)10(3)8(5-2)13-10/h8H,4-7H2,1-3H3. The molecule has 1 aliphatic heterocycles. The topological polar surface area (TPSA) is 38.8 Å². The van der Waals surface area contributed by atoms with Crippen LogP contribution in [-0.4, -0.2) is 24.3 Å². The van der Waals surface area contributed by atoms with Crippen molar-refractivity contribution in [3.63, 3.8) is 0 Å². The SMILES string of the molecule is CCCCOC(=O)C1(C)OC1CC. The van der Waals surface area contributed by atoms with Gasteiger partial charge in [-0.1, -0.05) is 20.3 Å². The summed E-state index contributed by atoms with van der Waals surface area (Å²) in [6.45, 7) is 6.40. The van der Waals surface area contributed by atoms with E-state index in [9.17, 15) is 4.79 Å². The lowest BCUT2D eigenvalue weighted by molar-refractivity contribution is -0.149. The van der Waals surface area contributed by atoms with Crippen molar-refractivity contribution in [3.05, 3.63) is 0 Å². The Morgan fingerprint density at radius 1 is 1.54 bits per heavy atom. The number of unbranched alkanes of at least 4 members (excludes halogenated alkanes) is 1. The number of rotatable bonds is 5. The maximum Gasteiger partial charge on any atom is 0.340 e. The molecule has 0 amide bonds. The van der Waals surface area contributed by atoms with Crippen molar-refractivity contribution < 1.29 is 14.3 Å². The van der Waals surface area contributed by atoms with Gasteiger partial charge in [0, 0.05) is 0 Å². The Morgan fingerprint density at radius 3 is 2.69 bits per heavy atom. The summed E-state index contributed by atoms with van der Waals surface area (Å²) >= 11 is 0. The monoisotopic (exact) mass is 186 g/mol. The molecule has 0 aromatic rings. The lowest BCUT2D eigenvalue weighted by Gasteiger charge is -2.06. The largest absolute Gasteiger partial charge is 0.463 e. The fraction of sp³-hybridized carbons (Fsp3) is 0.900. The van der Waals surface area contributed by atoms with Crippen LogP contribution in [0.2, 0.25) is 0 Å². The molecule has 0 spiro atoms. The van der Waals surface area contributed by atoms with Crippen molar-refractivity contribution in [1.82, 2.24) is 0 Å². The van der Waals surface area contributed by atoms with Crippen molar-refractivity contribution >= 4 is 5.97 Å². The molecule has 2 atom stereocenters. The van der Waals surface area contributed by atoms with Crippen LogP contribution in [0, 0.1) is 0 Å². The Morgan fingerprint density at radius 2 is 2.23 bits per heavy atom. The maximum atomic E-state index is 11.4. The molecule has 1 saturated heterocycles. The molecule has 1 rings (SSSR count). The Balaban J connectivity index is 2.25. The van der Waals surface area contributed by atoms with Crippen molar-refractivity contribution in [2.45, 2.75) is 51.7 Å². The quantitative estimate of drug-likeness (QED) is 0.374. The number of hydrogen-bond acceptors (Lipinski definition) is 3. The molecule has 13 heavy (non-hydrogen) atoms. The molecule has 0 aliphatic carbocycles. The third kappa shape index (κ3) is 2.21. The molecule has 0 saturated carbocycles. The molecule has 0 N–H and O–H groups in total. The molecule has 0 aromatic heterocycles. The average Bonchev–Trinajstić information content (AvgIpc) is 2.79. The molecule has 3 nitrogen and oxygen atoms in total. The Bertz CT molecular complexity index is 191. The summed E-state index contributed by atoms with van der Waals surface area (Å²) < 4.78 is 10.3. The second-order valence-electron chi connectivity index (χ2n) is 3.61. The van der Waals surface area contributed by atoms with Gasteiger partial charge in [0.1, 0.15) is 0 Å². The molecule has 0 bridgehead atoms.